The van der Waals surface area contributed by atoms with Gasteiger partial charge in [-0.05, 0) is 0 Å². The summed E-state index contributed by atoms with van der Waals surface area (Å²) in [5, 5.41) is 9.22. The predicted octanol–water partition coefficient (Wildman–Crippen LogP) is 6.00. The van der Waals surface area contributed by atoms with Gasteiger partial charge in [-0.25, -0.2) is 4.79 Å². The van der Waals surface area contributed by atoms with Crippen LogP contribution in [0.2, 0.25) is 0 Å². The van der Waals surface area contributed by atoms with Gasteiger partial charge in [-0.1, -0.05) is 0 Å². The number of aromatic carboxylic acids is 1. The fourth-order valence-corrected chi connectivity index (χ4v) is 10.4. The van der Waals surface area contributed by atoms with E-state index in [2.05, 4.69) is 80.3 Å². The molecule has 3 aromatic carbocycles. The van der Waals surface area contributed by atoms with Crippen LogP contribution in [-0.2, 0) is 16.6 Å². The standard InChI is InChI=1S/C32H32IO2S2/c1-31(2)15-16-32(3,4)26-18-24(20-36-29-19-33-27-7-5-6-8-28(27)37-29)23(17-25(26)31)14-11-21-9-12-22(13-10-21)30(34)35/h5-14,17-19H,15-16,20H2,1-4H3,(H,34,35)/q-1/b14-11+. The molecule has 0 unspecified atom stereocenters. The molecule has 0 fully saturated rings. The Balaban J connectivity index is 1.47. The van der Waals surface area contributed by atoms with Crippen molar-refractivity contribution in [3.05, 3.63) is 106 Å². The zero-order valence-corrected chi connectivity index (χ0v) is 25.5. The van der Waals surface area contributed by atoms with Crippen LogP contribution in [0, 0.1) is 3.57 Å². The number of carboxylic acids is 1. The molecule has 3 aromatic rings. The van der Waals surface area contributed by atoms with Gasteiger partial charge in [0.05, 0.1) is 0 Å². The molecule has 0 bridgehead atoms. The summed E-state index contributed by atoms with van der Waals surface area (Å²) in [6, 6.07) is 20.8. The second-order valence-electron chi connectivity index (χ2n) is 11.0. The number of benzene rings is 3. The number of hydrogen-bond acceptors (Lipinski definition) is 3. The van der Waals surface area contributed by atoms with Crippen molar-refractivity contribution < 1.29 is 31.1 Å². The van der Waals surface area contributed by atoms with Crippen molar-refractivity contribution in [3.8, 4) is 0 Å². The van der Waals surface area contributed by atoms with Gasteiger partial charge >= 0.3 is 231 Å². The number of carbonyl (C=O) groups is 1. The molecule has 0 radical (unpaired) electrons. The molecular formula is C32H32IO2S2-. The molecule has 0 atom stereocenters. The Morgan fingerprint density at radius 2 is 1.65 bits per heavy atom. The van der Waals surface area contributed by atoms with E-state index >= 15 is 0 Å². The van der Waals surface area contributed by atoms with Crippen molar-refractivity contribution in [2.45, 2.75) is 62.0 Å². The molecular weight excluding hydrogens is 607 g/mol. The molecule has 0 saturated carbocycles. The Labute approximate surface area is 239 Å². The second-order valence-corrected chi connectivity index (χ2v) is 15.8. The van der Waals surface area contributed by atoms with Crippen molar-refractivity contribution in [2.24, 2.45) is 0 Å². The summed E-state index contributed by atoms with van der Waals surface area (Å²) in [4.78, 5) is 12.6. The van der Waals surface area contributed by atoms with E-state index in [1.165, 1.54) is 47.8 Å². The van der Waals surface area contributed by atoms with E-state index < -0.39 is 5.97 Å². The Hall–Kier alpha value is -1.96. The SMILES string of the molecule is CC1(C)CCC(C)(C)c2cc(CSC3=C[I-]c4ccccc4S3)c(/C=C/c3ccc(C(=O)O)cc3)cc21. The Morgan fingerprint density at radius 1 is 0.973 bits per heavy atom. The molecule has 0 amide bonds. The van der Waals surface area contributed by atoms with Crippen LogP contribution in [-0.4, -0.2) is 11.1 Å². The normalized spacial score (nSPS) is 17.9. The Morgan fingerprint density at radius 3 is 2.35 bits per heavy atom. The van der Waals surface area contributed by atoms with E-state index in [0.717, 1.165) is 11.3 Å². The maximum absolute atomic E-state index is 11.2. The monoisotopic (exact) mass is 639 g/mol. The van der Waals surface area contributed by atoms with Crippen LogP contribution in [0.1, 0.15) is 78.7 Å². The maximum atomic E-state index is 11.2. The fourth-order valence-electron chi connectivity index (χ4n) is 4.94. The summed E-state index contributed by atoms with van der Waals surface area (Å²) < 4.78 is 5.41. The van der Waals surface area contributed by atoms with E-state index in [9.17, 15) is 9.90 Å². The van der Waals surface area contributed by atoms with Crippen molar-refractivity contribution >= 4 is 41.6 Å². The topological polar surface area (TPSA) is 37.3 Å². The minimum atomic E-state index is -0.894. The first-order valence-corrected chi connectivity index (χ1v) is 16.7. The molecule has 1 heterocycles. The summed E-state index contributed by atoms with van der Waals surface area (Å²) in [6.07, 6.45) is 6.72. The molecule has 37 heavy (non-hydrogen) atoms. The molecule has 1 N–H and O–H groups in total. The van der Waals surface area contributed by atoms with E-state index in [4.69, 9.17) is 0 Å². The molecule has 5 heteroatoms. The molecule has 0 saturated heterocycles. The van der Waals surface area contributed by atoms with Gasteiger partial charge in [0.2, 0.25) is 0 Å². The van der Waals surface area contributed by atoms with Crippen LogP contribution in [0.4, 0.5) is 0 Å². The number of hydrogen-bond donors (Lipinski definition) is 1. The van der Waals surface area contributed by atoms with Crippen molar-refractivity contribution in [1.29, 1.82) is 0 Å². The number of rotatable bonds is 6. The van der Waals surface area contributed by atoms with Gasteiger partial charge in [-0.2, -0.15) is 0 Å². The van der Waals surface area contributed by atoms with E-state index in [1.54, 1.807) is 12.1 Å². The van der Waals surface area contributed by atoms with Crippen LogP contribution >= 0.6 is 23.5 Å². The molecule has 0 spiro atoms. The Bertz CT molecular complexity index is 1400. The molecule has 0 aromatic heterocycles. The van der Waals surface area contributed by atoms with Crippen LogP contribution in [0.25, 0.3) is 12.2 Å². The first kappa shape index (κ1) is 26.6. The molecule has 1 aliphatic heterocycles. The summed E-state index contributed by atoms with van der Waals surface area (Å²) >= 11 is 3.79. The molecule has 192 valence electrons. The third-order valence-electron chi connectivity index (χ3n) is 7.40. The fraction of sp³-hybridized carbons (Fsp3) is 0.281. The molecule has 2 nitrogen and oxygen atoms in total. The van der Waals surface area contributed by atoms with Gasteiger partial charge in [0.1, 0.15) is 0 Å². The first-order chi connectivity index (χ1) is 17.6. The van der Waals surface area contributed by atoms with Crippen LogP contribution < -0.4 is 21.2 Å². The Kier molecular flexibility index (Phi) is 7.68. The van der Waals surface area contributed by atoms with E-state index in [-0.39, 0.29) is 32.0 Å². The summed E-state index contributed by atoms with van der Waals surface area (Å²) in [7, 11) is 0. The summed E-state index contributed by atoms with van der Waals surface area (Å²) in [5.74, 6) is 0.0425. The van der Waals surface area contributed by atoms with Gasteiger partial charge in [-0.3, -0.25) is 0 Å². The van der Waals surface area contributed by atoms with Gasteiger partial charge in [0, 0.05) is 0 Å². The quantitative estimate of drug-likeness (QED) is 0.265. The number of carboxylic acid groups (broad SMARTS) is 1. The van der Waals surface area contributed by atoms with Gasteiger partial charge < -0.3 is 5.11 Å². The van der Waals surface area contributed by atoms with Crippen LogP contribution in [0.15, 0.2) is 73.9 Å². The van der Waals surface area contributed by atoms with E-state index in [1.807, 2.05) is 35.7 Å². The van der Waals surface area contributed by atoms with Gasteiger partial charge in [0.15, 0.2) is 0 Å². The average Bonchev–Trinajstić information content (AvgIpc) is 2.89. The van der Waals surface area contributed by atoms with E-state index in [0.29, 0.717) is 5.56 Å². The second kappa shape index (κ2) is 10.7. The number of thioether (sulfide) groups is 2. The van der Waals surface area contributed by atoms with Crippen molar-refractivity contribution in [2.75, 3.05) is 0 Å². The van der Waals surface area contributed by atoms with Crippen molar-refractivity contribution in [3.63, 3.8) is 0 Å². The van der Waals surface area contributed by atoms with Crippen LogP contribution in [0.3, 0.4) is 0 Å². The zero-order chi connectivity index (χ0) is 26.2. The summed E-state index contributed by atoms with van der Waals surface area (Å²) in [5.41, 5.74) is 7.22. The summed E-state index contributed by atoms with van der Waals surface area (Å²) in [6.45, 7) is 9.52. The number of halogens is 1. The molecule has 1 aliphatic carbocycles. The average molecular weight is 640 g/mol. The zero-order valence-electron chi connectivity index (χ0n) is 21.7. The first-order valence-electron chi connectivity index (χ1n) is 12.5. The minimum absolute atomic E-state index is 0.0780. The third kappa shape index (κ3) is 5.89. The third-order valence-corrected chi connectivity index (χ3v) is 13.5. The van der Waals surface area contributed by atoms with Gasteiger partial charge in [0.25, 0.3) is 0 Å². The molecule has 5 rings (SSSR count). The predicted molar refractivity (Wildman–Crippen MR) is 154 cm³/mol. The van der Waals surface area contributed by atoms with Crippen molar-refractivity contribution in [1.82, 2.24) is 0 Å². The number of fused-ring (bicyclic) bond motifs is 2. The molecule has 2 aliphatic rings. The van der Waals surface area contributed by atoms with Gasteiger partial charge in [-0.15, -0.1) is 0 Å². The van der Waals surface area contributed by atoms with Crippen LogP contribution in [0.5, 0.6) is 0 Å².